The molecule has 0 radical (unpaired) electrons. The molecular weight excluding hydrogens is 408 g/mol. The summed E-state index contributed by atoms with van der Waals surface area (Å²) in [5.41, 5.74) is 6.42. The lowest BCUT2D eigenvalue weighted by Crippen LogP contribution is -2.59. The van der Waals surface area contributed by atoms with E-state index in [4.69, 9.17) is 15.9 Å². The predicted octanol–water partition coefficient (Wildman–Crippen LogP) is -2.26. The number of amides is 3. The van der Waals surface area contributed by atoms with Crippen LogP contribution in [0, 0.1) is 5.92 Å². The molecule has 0 saturated heterocycles. The molecule has 172 valence electrons. The molecule has 0 fully saturated rings. The second-order valence-electron chi connectivity index (χ2n) is 7.35. The normalized spacial score (nSPS) is 14.8. The Balaban J connectivity index is 2.98. The fourth-order valence-corrected chi connectivity index (χ4v) is 2.55. The molecule has 0 heterocycles. The van der Waals surface area contributed by atoms with Crippen LogP contribution in [-0.2, 0) is 25.6 Å². The van der Waals surface area contributed by atoms with Gasteiger partial charge in [0.2, 0.25) is 17.7 Å². The number of carboxylic acids is 1. The van der Waals surface area contributed by atoms with Gasteiger partial charge in [-0.15, -0.1) is 0 Å². The van der Waals surface area contributed by atoms with Crippen molar-refractivity contribution in [3.63, 3.8) is 0 Å². The van der Waals surface area contributed by atoms with Crippen LogP contribution in [0.25, 0.3) is 0 Å². The Labute approximate surface area is 180 Å². The third-order valence-corrected chi connectivity index (χ3v) is 4.55. The van der Waals surface area contributed by atoms with Gasteiger partial charge in [0.1, 0.15) is 18.1 Å². The minimum Gasteiger partial charge on any atom is -0.480 e. The van der Waals surface area contributed by atoms with E-state index in [0.29, 0.717) is 5.56 Å². The second-order valence-corrected chi connectivity index (χ2v) is 7.35. The van der Waals surface area contributed by atoms with E-state index in [1.54, 1.807) is 44.2 Å². The average Bonchev–Trinajstić information content (AvgIpc) is 2.74. The van der Waals surface area contributed by atoms with Gasteiger partial charge in [-0.25, -0.2) is 4.79 Å². The van der Waals surface area contributed by atoms with Gasteiger partial charge in [-0.2, -0.15) is 0 Å². The number of hydrogen-bond acceptors (Lipinski definition) is 7. The SMILES string of the molecule is CC(C)C(N)C(=O)NC(CO)C(=O)NC(Cc1ccccc1)C(=O)NC(CO)C(=O)O. The number of aliphatic carboxylic acids is 1. The summed E-state index contributed by atoms with van der Waals surface area (Å²) in [6.45, 7) is 1.86. The van der Waals surface area contributed by atoms with Gasteiger partial charge in [0.15, 0.2) is 0 Å². The first-order valence-electron chi connectivity index (χ1n) is 9.75. The molecule has 31 heavy (non-hydrogen) atoms. The number of benzene rings is 1. The van der Waals surface area contributed by atoms with Crippen molar-refractivity contribution >= 4 is 23.7 Å². The molecule has 1 aromatic rings. The van der Waals surface area contributed by atoms with E-state index in [1.807, 2.05) is 0 Å². The van der Waals surface area contributed by atoms with Crippen LogP contribution in [-0.4, -0.2) is 76.4 Å². The van der Waals surface area contributed by atoms with Crippen molar-refractivity contribution in [3.8, 4) is 0 Å². The van der Waals surface area contributed by atoms with Crippen molar-refractivity contribution in [2.45, 2.75) is 44.4 Å². The molecule has 1 aromatic carbocycles. The number of aliphatic hydroxyl groups is 2. The molecule has 1 rings (SSSR count). The maximum absolute atomic E-state index is 12.6. The summed E-state index contributed by atoms with van der Waals surface area (Å²) in [4.78, 5) is 48.5. The lowest BCUT2D eigenvalue weighted by atomic mass is 10.0. The molecule has 0 aromatic heterocycles. The number of carbonyl (C=O) groups is 4. The van der Waals surface area contributed by atoms with E-state index in [-0.39, 0.29) is 12.3 Å². The highest BCUT2D eigenvalue weighted by atomic mass is 16.4. The Hall–Kier alpha value is -3.02. The zero-order valence-electron chi connectivity index (χ0n) is 17.4. The van der Waals surface area contributed by atoms with Crippen LogP contribution >= 0.6 is 0 Å². The highest BCUT2D eigenvalue weighted by Crippen LogP contribution is 2.05. The Bertz CT molecular complexity index is 757. The molecule has 4 atom stereocenters. The smallest absolute Gasteiger partial charge is 0.328 e. The third kappa shape index (κ3) is 8.32. The number of rotatable bonds is 12. The predicted molar refractivity (Wildman–Crippen MR) is 111 cm³/mol. The standard InChI is InChI=1S/C20H30N4O7/c1-11(2)16(21)19(29)23-14(9-25)18(28)22-13(8-12-6-4-3-5-7-12)17(27)24-15(10-26)20(30)31/h3-7,11,13-16,25-26H,8-10,21H2,1-2H3,(H,22,28)(H,23,29)(H,24,27)(H,30,31). The largest absolute Gasteiger partial charge is 0.480 e. The van der Waals surface area contributed by atoms with E-state index >= 15 is 0 Å². The Morgan fingerprint density at radius 2 is 1.32 bits per heavy atom. The van der Waals surface area contributed by atoms with Gasteiger partial charge in [-0.3, -0.25) is 14.4 Å². The van der Waals surface area contributed by atoms with E-state index in [9.17, 15) is 24.3 Å². The Morgan fingerprint density at radius 1 is 0.839 bits per heavy atom. The molecule has 0 spiro atoms. The maximum atomic E-state index is 12.6. The summed E-state index contributed by atoms with van der Waals surface area (Å²) in [5.74, 6) is -3.98. The first-order chi connectivity index (χ1) is 14.6. The first-order valence-corrected chi connectivity index (χ1v) is 9.75. The summed E-state index contributed by atoms with van der Waals surface area (Å²) >= 11 is 0. The maximum Gasteiger partial charge on any atom is 0.328 e. The minimum atomic E-state index is -1.56. The summed E-state index contributed by atoms with van der Waals surface area (Å²) < 4.78 is 0. The van der Waals surface area contributed by atoms with Crippen LogP contribution in [0.5, 0.6) is 0 Å². The van der Waals surface area contributed by atoms with E-state index in [0.717, 1.165) is 0 Å². The number of aliphatic hydroxyl groups excluding tert-OH is 2. The summed E-state index contributed by atoms with van der Waals surface area (Å²) in [6, 6.07) is 3.59. The molecule has 4 unspecified atom stereocenters. The van der Waals surface area contributed by atoms with Gasteiger partial charge in [0.05, 0.1) is 19.3 Å². The van der Waals surface area contributed by atoms with Crippen molar-refractivity contribution in [1.82, 2.24) is 16.0 Å². The number of hydrogen-bond donors (Lipinski definition) is 7. The molecule has 0 aliphatic carbocycles. The van der Waals surface area contributed by atoms with Crippen molar-refractivity contribution in [1.29, 1.82) is 0 Å². The van der Waals surface area contributed by atoms with Crippen LogP contribution < -0.4 is 21.7 Å². The summed E-state index contributed by atoms with van der Waals surface area (Å²) in [6.07, 6.45) is 0.00772. The van der Waals surface area contributed by atoms with Gasteiger partial charge in [0, 0.05) is 6.42 Å². The molecular formula is C20H30N4O7. The number of nitrogens with one attached hydrogen (secondary N) is 3. The zero-order chi connectivity index (χ0) is 23.6. The van der Waals surface area contributed by atoms with Crippen molar-refractivity contribution < 1.29 is 34.5 Å². The molecule has 8 N–H and O–H groups in total. The second kappa shape index (κ2) is 12.6. The van der Waals surface area contributed by atoms with Crippen LogP contribution in [0.1, 0.15) is 19.4 Å². The molecule has 0 bridgehead atoms. The lowest BCUT2D eigenvalue weighted by Gasteiger charge is -2.24. The van der Waals surface area contributed by atoms with E-state index in [1.165, 1.54) is 0 Å². The van der Waals surface area contributed by atoms with Gasteiger partial charge in [0.25, 0.3) is 0 Å². The van der Waals surface area contributed by atoms with E-state index in [2.05, 4.69) is 16.0 Å². The van der Waals surface area contributed by atoms with Gasteiger partial charge in [-0.1, -0.05) is 44.2 Å². The van der Waals surface area contributed by atoms with Crippen LogP contribution in [0.15, 0.2) is 30.3 Å². The number of carbonyl (C=O) groups excluding carboxylic acids is 3. The van der Waals surface area contributed by atoms with Crippen LogP contribution in [0.2, 0.25) is 0 Å². The van der Waals surface area contributed by atoms with Gasteiger partial charge in [-0.05, 0) is 11.5 Å². The molecule has 11 heteroatoms. The van der Waals surface area contributed by atoms with Crippen molar-refractivity contribution in [2.75, 3.05) is 13.2 Å². The topological polar surface area (TPSA) is 191 Å². The quantitative estimate of drug-likeness (QED) is 0.190. The fraction of sp³-hybridized carbons (Fsp3) is 0.500. The van der Waals surface area contributed by atoms with Crippen molar-refractivity contribution in [3.05, 3.63) is 35.9 Å². The molecule has 3 amide bonds. The van der Waals surface area contributed by atoms with Crippen LogP contribution in [0.3, 0.4) is 0 Å². The van der Waals surface area contributed by atoms with Gasteiger partial charge < -0.3 is 37.0 Å². The fourth-order valence-electron chi connectivity index (χ4n) is 2.55. The molecule has 0 aliphatic rings. The van der Waals surface area contributed by atoms with E-state index < -0.39 is 61.1 Å². The molecule has 0 saturated carbocycles. The number of carboxylic acid groups (broad SMARTS) is 1. The van der Waals surface area contributed by atoms with Crippen molar-refractivity contribution in [2.24, 2.45) is 11.7 Å². The third-order valence-electron chi connectivity index (χ3n) is 4.55. The number of nitrogens with two attached hydrogens (primary N) is 1. The summed E-state index contributed by atoms with van der Waals surface area (Å²) in [5, 5.41) is 34.6. The minimum absolute atomic E-state index is 0.00772. The molecule has 0 aliphatic heterocycles. The van der Waals surface area contributed by atoms with Crippen LogP contribution in [0.4, 0.5) is 0 Å². The highest BCUT2D eigenvalue weighted by Gasteiger charge is 2.30. The summed E-state index contributed by atoms with van der Waals surface area (Å²) in [7, 11) is 0. The Morgan fingerprint density at radius 3 is 1.81 bits per heavy atom. The molecule has 11 nitrogen and oxygen atoms in total. The van der Waals surface area contributed by atoms with Gasteiger partial charge >= 0.3 is 5.97 Å². The lowest BCUT2D eigenvalue weighted by molar-refractivity contribution is -0.143. The monoisotopic (exact) mass is 438 g/mol. The first kappa shape index (κ1) is 26.0. The average molecular weight is 438 g/mol. The highest BCUT2D eigenvalue weighted by molar-refractivity contribution is 5.94. The zero-order valence-corrected chi connectivity index (χ0v) is 17.4. The Kier molecular flexibility index (Phi) is 10.6.